The molecule has 0 saturated carbocycles. The van der Waals surface area contributed by atoms with Crippen LogP contribution in [-0.2, 0) is 6.42 Å². The number of aromatic carboxylic acids is 1. The van der Waals surface area contributed by atoms with Crippen molar-refractivity contribution >= 4 is 22.5 Å². The van der Waals surface area contributed by atoms with Gasteiger partial charge in [-0.15, -0.1) is 0 Å². The maximum Gasteiger partial charge on any atom is 0.336 e. The minimum Gasteiger partial charge on any atom is -0.478 e. The van der Waals surface area contributed by atoms with Crippen LogP contribution in [-0.4, -0.2) is 16.9 Å². The molecule has 3 nitrogen and oxygen atoms in total. The molecule has 0 saturated heterocycles. The van der Waals surface area contributed by atoms with Crippen molar-refractivity contribution in [3.05, 3.63) is 82.9 Å². The van der Waals surface area contributed by atoms with Crippen LogP contribution in [0.15, 0.2) is 60.7 Å². The smallest absolute Gasteiger partial charge is 0.336 e. The molecule has 3 heteroatoms. The predicted molar refractivity (Wildman–Crippen MR) is 90.2 cm³/mol. The minimum atomic E-state index is -1.08. The van der Waals surface area contributed by atoms with Crippen molar-refractivity contribution in [1.82, 2.24) is 0 Å². The highest BCUT2D eigenvalue weighted by molar-refractivity contribution is 6.19. The van der Waals surface area contributed by atoms with E-state index in [1.54, 1.807) is 18.2 Å². The van der Waals surface area contributed by atoms with Gasteiger partial charge in [0.15, 0.2) is 5.78 Å². The Hall–Kier alpha value is -2.94. The fraction of sp³-hybridized carbons (Fsp3) is 0.100. The summed E-state index contributed by atoms with van der Waals surface area (Å²) in [5, 5.41) is 11.2. The SMILES string of the molecule is CCc1ccc(C(=O)c2cccc3ccccc23)c(C(=O)O)c1. The van der Waals surface area contributed by atoms with Crippen molar-refractivity contribution < 1.29 is 14.7 Å². The van der Waals surface area contributed by atoms with E-state index in [4.69, 9.17) is 0 Å². The Morgan fingerprint density at radius 1 is 0.870 bits per heavy atom. The van der Waals surface area contributed by atoms with Crippen LogP contribution in [0.1, 0.15) is 38.8 Å². The van der Waals surface area contributed by atoms with E-state index in [9.17, 15) is 14.7 Å². The number of carbonyl (C=O) groups is 2. The first-order valence-corrected chi connectivity index (χ1v) is 7.50. The fourth-order valence-electron chi connectivity index (χ4n) is 2.75. The fourth-order valence-corrected chi connectivity index (χ4v) is 2.75. The highest BCUT2D eigenvalue weighted by atomic mass is 16.4. The van der Waals surface area contributed by atoms with Gasteiger partial charge in [0.1, 0.15) is 0 Å². The number of hydrogen-bond acceptors (Lipinski definition) is 2. The molecule has 0 fully saturated rings. The van der Waals surface area contributed by atoms with Crippen LogP contribution < -0.4 is 0 Å². The average Bonchev–Trinajstić information content (AvgIpc) is 2.60. The summed E-state index contributed by atoms with van der Waals surface area (Å²) in [6.07, 6.45) is 0.725. The second-order valence-electron chi connectivity index (χ2n) is 5.39. The first-order chi connectivity index (χ1) is 11.1. The Labute approximate surface area is 134 Å². The van der Waals surface area contributed by atoms with Gasteiger partial charge in [0.25, 0.3) is 0 Å². The lowest BCUT2D eigenvalue weighted by molar-refractivity contribution is 0.0692. The average molecular weight is 304 g/mol. The van der Waals surface area contributed by atoms with E-state index in [0.29, 0.717) is 5.56 Å². The molecule has 0 radical (unpaired) electrons. The molecular formula is C20H16O3. The zero-order valence-corrected chi connectivity index (χ0v) is 12.7. The number of rotatable bonds is 4. The van der Waals surface area contributed by atoms with Gasteiger partial charge in [0, 0.05) is 11.1 Å². The van der Waals surface area contributed by atoms with Crippen molar-refractivity contribution in [2.24, 2.45) is 0 Å². The summed E-state index contributed by atoms with van der Waals surface area (Å²) in [5.41, 5.74) is 1.71. The number of carboxylic acids is 1. The highest BCUT2D eigenvalue weighted by Gasteiger charge is 2.19. The number of aryl methyl sites for hydroxylation is 1. The van der Waals surface area contributed by atoms with Crippen LogP contribution in [0.3, 0.4) is 0 Å². The molecule has 3 aromatic carbocycles. The van der Waals surface area contributed by atoms with Crippen LogP contribution in [0, 0.1) is 0 Å². The molecule has 0 bridgehead atoms. The number of fused-ring (bicyclic) bond motifs is 1. The molecule has 3 rings (SSSR count). The van der Waals surface area contributed by atoms with E-state index in [-0.39, 0.29) is 16.9 Å². The quantitative estimate of drug-likeness (QED) is 0.730. The van der Waals surface area contributed by atoms with Gasteiger partial charge in [-0.1, -0.05) is 55.5 Å². The zero-order valence-electron chi connectivity index (χ0n) is 12.7. The van der Waals surface area contributed by atoms with Crippen LogP contribution in [0.5, 0.6) is 0 Å². The standard InChI is InChI=1S/C20H16O3/c1-2-13-10-11-17(18(12-13)20(22)23)19(21)16-9-5-7-14-6-3-4-8-15(14)16/h3-12H,2H2,1H3,(H,22,23). The van der Waals surface area contributed by atoms with E-state index < -0.39 is 5.97 Å². The Kier molecular flexibility index (Phi) is 3.94. The molecule has 1 N–H and O–H groups in total. The topological polar surface area (TPSA) is 54.4 Å². The second kappa shape index (κ2) is 6.05. The van der Waals surface area contributed by atoms with Gasteiger partial charge in [0.05, 0.1) is 5.56 Å². The highest BCUT2D eigenvalue weighted by Crippen LogP contribution is 2.23. The van der Waals surface area contributed by atoms with Gasteiger partial charge in [-0.3, -0.25) is 4.79 Å². The number of carbonyl (C=O) groups excluding carboxylic acids is 1. The lowest BCUT2D eigenvalue weighted by Crippen LogP contribution is -2.10. The Bertz CT molecular complexity index is 904. The van der Waals surface area contributed by atoms with Gasteiger partial charge >= 0.3 is 5.97 Å². The monoisotopic (exact) mass is 304 g/mol. The number of hydrogen-bond donors (Lipinski definition) is 1. The van der Waals surface area contributed by atoms with E-state index in [1.165, 1.54) is 0 Å². The molecule has 0 aromatic heterocycles. The van der Waals surface area contributed by atoms with E-state index in [1.807, 2.05) is 49.4 Å². The van der Waals surface area contributed by atoms with Crippen molar-refractivity contribution in [2.45, 2.75) is 13.3 Å². The van der Waals surface area contributed by atoms with E-state index in [2.05, 4.69) is 0 Å². The molecule has 0 amide bonds. The molecular weight excluding hydrogens is 288 g/mol. The zero-order chi connectivity index (χ0) is 16.4. The third-order valence-corrected chi connectivity index (χ3v) is 4.00. The lowest BCUT2D eigenvalue weighted by Gasteiger charge is -2.09. The molecule has 0 unspecified atom stereocenters. The summed E-state index contributed by atoms with van der Waals surface area (Å²) in [5.74, 6) is -1.34. The van der Waals surface area contributed by atoms with Gasteiger partial charge in [0.2, 0.25) is 0 Å². The summed E-state index contributed by atoms with van der Waals surface area (Å²) in [6, 6.07) is 18.1. The van der Waals surface area contributed by atoms with Crippen LogP contribution in [0.2, 0.25) is 0 Å². The third kappa shape index (κ3) is 2.73. The predicted octanol–water partition coefficient (Wildman–Crippen LogP) is 4.33. The maximum absolute atomic E-state index is 12.9. The maximum atomic E-state index is 12.9. The largest absolute Gasteiger partial charge is 0.478 e. The van der Waals surface area contributed by atoms with E-state index >= 15 is 0 Å². The Balaban J connectivity index is 2.18. The Morgan fingerprint density at radius 3 is 2.35 bits per heavy atom. The van der Waals surface area contributed by atoms with Crippen LogP contribution >= 0.6 is 0 Å². The molecule has 0 aliphatic rings. The van der Waals surface area contributed by atoms with Crippen LogP contribution in [0.25, 0.3) is 10.8 Å². The first-order valence-electron chi connectivity index (χ1n) is 7.50. The summed E-state index contributed by atoms with van der Waals surface area (Å²) in [4.78, 5) is 24.5. The molecule has 114 valence electrons. The third-order valence-electron chi connectivity index (χ3n) is 4.00. The lowest BCUT2D eigenvalue weighted by atomic mass is 9.93. The summed E-state index contributed by atoms with van der Waals surface area (Å²) in [7, 11) is 0. The number of ketones is 1. The second-order valence-corrected chi connectivity index (χ2v) is 5.39. The van der Waals surface area contributed by atoms with Crippen molar-refractivity contribution in [1.29, 1.82) is 0 Å². The molecule has 0 heterocycles. The molecule has 23 heavy (non-hydrogen) atoms. The molecule has 0 aliphatic heterocycles. The molecule has 3 aromatic rings. The molecule has 0 spiro atoms. The van der Waals surface area contributed by atoms with Crippen LogP contribution in [0.4, 0.5) is 0 Å². The number of benzene rings is 3. The van der Waals surface area contributed by atoms with E-state index in [0.717, 1.165) is 22.8 Å². The first kappa shape index (κ1) is 15.0. The number of carboxylic acid groups (broad SMARTS) is 1. The summed E-state index contributed by atoms with van der Waals surface area (Å²) < 4.78 is 0. The minimum absolute atomic E-state index is 0.0577. The van der Waals surface area contributed by atoms with Crippen molar-refractivity contribution in [3.63, 3.8) is 0 Å². The summed E-state index contributed by atoms with van der Waals surface area (Å²) >= 11 is 0. The summed E-state index contributed by atoms with van der Waals surface area (Å²) in [6.45, 7) is 1.95. The van der Waals surface area contributed by atoms with Gasteiger partial charge in [-0.2, -0.15) is 0 Å². The molecule has 0 aliphatic carbocycles. The van der Waals surface area contributed by atoms with Crippen molar-refractivity contribution in [3.8, 4) is 0 Å². The van der Waals surface area contributed by atoms with Gasteiger partial charge < -0.3 is 5.11 Å². The normalized spacial score (nSPS) is 10.7. The molecule has 0 atom stereocenters. The van der Waals surface area contributed by atoms with Crippen molar-refractivity contribution in [2.75, 3.05) is 0 Å². The van der Waals surface area contributed by atoms with Gasteiger partial charge in [-0.05, 0) is 34.9 Å². The van der Waals surface area contributed by atoms with Gasteiger partial charge in [-0.25, -0.2) is 4.79 Å². The Morgan fingerprint density at radius 2 is 1.61 bits per heavy atom.